The van der Waals surface area contributed by atoms with Gasteiger partial charge in [0.1, 0.15) is 0 Å². The minimum Gasteiger partial charge on any atom is -0.314 e. The average Bonchev–Trinajstić information content (AvgIpc) is 2.35. The molecular weight excluding hydrogens is 274 g/mol. The van der Waals surface area contributed by atoms with Crippen LogP contribution in [0.25, 0.3) is 0 Å². The van der Waals surface area contributed by atoms with Gasteiger partial charge in [-0.15, -0.1) is 0 Å². The van der Waals surface area contributed by atoms with E-state index in [4.69, 9.17) is 11.6 Å². The topological polar surface area (TPSA) is 61.4 Å². The molecule has 1 aliphatic rings. The number of hydrogen-bond donors (Lipinski definition) is 2. The van der Waals surface area contributed by atoms with Crippen molar-refractivity contribution in [3.63, 3.8) is 0 Å². The maximum absolute atomic E-state index is 12.1. The van der Waals surface area contributed by atoms with E-state index in [1.54, 1.807) is 12.1 Å². The van der Waals surface area contributed by atoms with E-state index in [9.17, 15) is 8.42 Å². The molecule has 0 saturated carbocycles. The highest BCUT2D eigenvalue weighted by Crippen LogP contribution is 2.24. The first-order chi connectivity index (χ1) is 8.49. The first kappa shape index (κ1) is 13.6. The van der Waals surface area contributed by atoms with Gasteiger partial charge < -0.3 is 5.32 Å². The Bertz CT molecular complexity index is 527. The van der Waals surface area contributed by atoms with E-state index in [-0.39, 0.29) is 0 Å². The van der Waals surface area contributed by atoms with E-state index in [1.165, 1.54) is 4.31 Å². The maximum Gasteiger partial charge on any atom is 0.301 e. The van der Waals surface area contributed by atoms with Crippen LogP contribution in [-0.2, 0) is 10.2 Å². The largest absolute Gasteiger partial charge is 0.314 e. The van der Waals surface area contributed by atoms with Gasteiger partial charge in [-0.1, -0.05) is 17.7 Å². The van der Waals surface area contributed by atoms with Crippen LogP contribution in [0, 0.1) is 6.92 Å². The van der Waals surface area contributed by atoms with Gasteiger partial charge in [-0.2, -0.15) is 12.7 Å². The number of hydrogen-bond acceptors (Lipinski definition) is 3. The molecule has 0 radical (unpaired) electrons. The highest BCUT2D eigenvalue weighted by atomic mass is 35.5. The number of aryl methyl sites for hydroxylation is 1. The molecular formula is C11H16ClN3O2S. The van der Waals surface area contributed by atoms with Gasteiger partial charge in [0.25, 0.3) is 0 Å². The second-order valence-corrected chi connectivity index (χ2v) is 6.32. The standard InChI is InChI=1S/C11H16ClN3O2S/c1-9-2-3-10(12)11(8-9)14-18(16,17)15-6-4-13-5-7-15/h2-3,8,13-14H,4-7H2,1H3. The van der Waals surface area contributed by atoms with Crippen molar-refractivity contribution in [2.24, 2.45) is 0 Å². The summed E-state index contributed by atoms with van der Waals surface area (Å²) in [6.07, 6.45) is 0. The lowest BCUT2D eigenvalue weighted by molar-refractivity contribution is 0.362. The summed E-state index contributed by atoms with van der Waals surface area (Å²) >= 11 is 5.98. The predicted octanol–water partition coefficient (Wildman–Crippen LogP) is 1.21. The zero-order valence-electron chi connectivity index (χ0n) is 10.1. The Kier molecular flexibility index (Phi) is 4.11. The highest BCUT2D eigenvalue weighted by molar-refractivity contribution is 7.90. The fourth-order valence-electron chi connectivity index (χ4n) is 1.81. The van der Waals surface area contributed by atoms with Crippen molar-refractivity contribution in [1.29, 1.82) is 0 Å². The van der Waals surface area contributed by atoms with Gasteiger partial charge in [0, 0.05) is 26.2 Å². The molecule has 0 amide bonds. The summed E-state index contributed by atoms with van der Waals surface area (Å²) in [5, 5.41) is 3.51. The van der Waals surface area contributed by atoms with Crippen LogP contribution in [0.15, 0.2) is 18.2 Å². The Labute approximate surface area is 112 Å². The summed E-state index contributed by atoms with van der Waals surface area (Å²) < 4.78 is 28.2. The molecule has 2 rings (SSSR count). The predicted molar refractivity (Wildman–Crippen MR) is 73.2 cm³/mol. The molecule has 1 aliphatic heterocycles. The normalized spacial score (nSPS) is 17.7. The van der Waals surface area contributed by atoms with Gasteiger partial charge in [0.2, 0.25) is 0 Å². The smallest absolute Gasteiger partial charge is 0.301 e. The zero-order chi connectivity index (χ0) is 13.2. The van der Waals surface area contributed by atoms with Gasteiger partial charge in [-0.3, -0.25) is 4.72 Å². The SMILES string of the molecule is Cc1ccc(Cl)c(NS(=O)(=O)N2CCNCC2)c1. The molecule has 0 aromatic heterocycles. The monoisotopic (exact) mass is 289 g/mol. The van der Waals surface area contributed by atoms with Crippen molar-refractivity contribution in [2.45, 2.75) is 6.92 Å². The van der Waals surface area contributed by atoms with Gasteiger partial charge in [-0.05, 0) is 24.6 Å². The molecule has 7 heteroatoms. The van der Waals surface area contributed by atoms with E-state index in [1.807, 2.05) is 13.0 Å². The first-order valence-corrected chi connectivity index (χ1v) is 7.55. The number of halogens is 1. The molecule has 100 valence electrons. The minimum atomic E-state index is -3.52. The summed E-state index contributed by atoms with van der Waals surface area (Å²) in [4.78, 5) is 0. The third-order valence-corrected chi connectivity index (χ3v) is 4.63. The van der Waals surface area contributed by atoms with Gasteiger partial charge in [0.15, 0.2) is 0 Å². The Hall–Kier alpha value is -0.820. The van der Waals surface area contributed by atoms with Gasteiger partial charge >= 0.3 is 10.2 Å². The molecule has 1 aromatic rings. The van der Waals surface area contributed by atoms with E-state index in [0.717, 1.165) is 5.56 Å². The molecule has 1 heterocycles. The summed E-state index contributed by atoms with van der Waals surface area (Å²) in [5.74, 6) is 0. The molecule has 0 aliphatic carbocycles. The number of nitrogens with one attached hydrogen (secondary N) is 2. The summed E-state index contributed by atoms with van der Waals surface area (Å²) in [7, 11) is -3.52. The molecule has 0 atom stereocenters. The minimum absolute atomic E-state index is 0.402. The van der Waals surface area contributed by atoms with Crippen LogP contribution in [0.3, 0.4) is 0 Å². The summed E-state index contributed by atoms with van der Waals surface area (Å²) in [6.45, 7) is 4.17. The van der Waals surface area contributed by atoms with Crippen molar-refractivity contribution in [3.05, 3.63) is 28.8 Å². The van der Waals surface area contributed by atoms with Crippen LogP contribution in [0.1, 0.15) is 5.56 Å². The number of nitrogens with zero attached hydrogens (tertiary/aromatic N) is 1. The third-order valence-electron chi connectivity index (χ3n) is 2.78. The second-order valence-electron chi connectivity index (χ2n) is 4.24. The van der Waals surface area contributed by atoms with Crippen molar-refractivity contribution in [2.75, 3.05) is 30.9 Å². The molecule has 18 heavy (non-hydrogen) atoms. The lowest BCUT2D eigenvalue weighted by atomic mass is 10.2. The fraction of sp³-hybridized carbons (Fsp3) is 0.455. The molecule has 0 spiro atoms. The molecule has 2 N–H and O–H groups in total. The molecule has 0 unspecified atom stereocenters. The lowest BCUT2D eigenvalue weighted by Crippen LogP contribution is -2.48. The Morgan fingerprint density at radius 2 is 2.00 bits per heavy atom. The van der Waals surface area contributed by atoms with Gasteiger partial charge in [-0.25, -0.2) is 0 Å². The van der Waals surface area contributed by atoms with Gasteiger partial charge in [0.05, 0.1) is 10.7 Å². The number of benzene rings is 1. The Morgan fingerprint density at radius 1 is 1.33 bits per heavy atom. The van der Waals surface area contributed by atoms with E-state index in [2.05, 4.69) is 10.0 Å². The van der Waals surface area contributed by atoms with Crippen LogP contribution in [0.4, 0.5) is 5.69 Å². The Morgan fingerprint density at radius 3 is 2.67 bits per heavy atom. The third kappa shape index (κ3) is 3.14. The summed E-state index contributed by atoms with van der Waals surface area (Å²) in [5.41, 5.74) is 1.38. The quantitative estimate of drug-likeness (QED) is 0.879. The molecule has 1 aromatic carbocycles. The molecule has 1 saturated heterocycles. The van der Waals surface area contributed by atoms with Crippen molar-refractivity contribution < 1.29 is 8.42 Å². The first-order valence-electron chi connectivity index (χ1n) is 5.74. The Balaban J connectivity index is 2.18. The summed E-state index contributed by atoms with van der Waals surface area (Å²) in [6, 6.07) is 5.25. The van der Waals surface area contributed by atoms with Crippen LogP contribution in [-0.4, -0.2) is 38.9 Å². The fourth-order valence-corrected chi connectivity index (χ4v) is 3.27. The number of rotatable bonds is 3. The van der Waals surface area contributed by atoms with Crippen LogP contribution >= 0.6 is 11.6 Å². The number of piperazine rings is 1. The van der Waals surface area contributed by atoms with Crippen molar-refractivity contribution in [1.82, 2.24) is 9.62 Å². The van der Waals surface area contributed by atoms with E-state index >= 15 is 0 Å². The number of anilines is 1. The van der Waals surface area contributed by atoms with Crippen molar-refractivity contribution >= 4 is 27.5 Å². The zero-order valence-corrected chi connectivity index (χ0v) is 11.7. The highest BCUT2D eigenvalue weighted by Gasteiger charge is 2.24. The van der Waals surface area contributed by atoms with Crippen LogP contribution in [0.5, 0.6) is 0 Å². The van der Waals surface area contributed by atoms with Crippen LogP contribution < -0.4 is 10.0 Å². The lowest BCUT2D eigenvalue weighted by Gasteiger charge is -2.27. The average molecular weight is 290 g/mol. The van der Waals surface area contributed by atoms with Crippen molar-refractivity contribution in [3.8, 4) is 0 Å². The second kappa shape index (κ2) is 5.44. The molecule has 0 bridgehead atoms. The molecule has 1 fully saturated rings. The molecule has 5 nitrogen and oxygen atoms in total. The van der Waals surface area contributed by atoms with E-state index < -0.39 is 10.2 Å². The van der Waals surface area contributed by atoms with Crippen LogP contribution in [0.2, 0.25) is 5.02 Å². The maximum atomic E-state index is 12.1. The van der Waals surface area contributed by atoms with E-state index in [0.29, 0.717) is 36.9 Å².